The van der Waals surface area contributed by atoms with E-state index in [2.05, 4.69) is 24.0 Å². The van der Waals surface area contributed by atoms with Crippen LogP contribution >= 0.6 is 11.6 Å². The molecule has 0 N–H and O–H groups in total. The molecule has 1 heterocycles. The molecule has 1 saturated heterocycles. The first-order valence-corrected chi connectivity index (χ1v) is 9.19. The monoisotopic (exact) mass is 337 g/mol. The normalized spacial score (nSPS) is 32.8. The van der Waals surface area contributed by atoms with E-state index < -0.39 is 0 Å². The molecule has 23 heavy (non-hydrogen) atoms. The summed E-state index contributed by atoms with van der Waals surface area (Å²) in [7, 11) is 1.86. The molecule has 0 aromatic heterocycles. The van der Waals surface area contributed by atoms with Gasteiger partial charge in [-0.25, -0.2) is 0 Å². The van der Waals surface area contributed by atoms with Gasteiger partial charge in [-0.3, -0.25) is 4.90 Å². The van der Waals surface area contributed by atoms with Crippen molar-refractivity contribution in [1.82, 2.24) is 4.90 Å². The van der Waals surface area contributed by atoms with Crippen LogP contribution in [0, 0.1) is 0 Å². The van der Waals surface area contributed by atoms with Crippen molar-refractivity contribution < 1.29 is 9.47 Å². The first-order chi connectivity index (χ1) is 11.2. The lowest BCUT2D eigenvalue weighted by molar-refractivity contribution is -0.106. The van der Waals surface area contributed by atoms with Crippen molar-refractivity contribution in [3.8, 4) is 0 Å². The zero-order valence-corrected chi connectivity index (χ0v) is 15.0. The van der Waals surface area contributed by atoms with Gasteiger partial charge in [0.25, 0.3) is 0 Å². The van der Waals surface area contributed by atoms with Crippen molar-refractivity contribution in [2.24, 2.45) is 0 Å². The first-order valence-electron chi connectivity index (χ1n) is 8.82. The van der Waals surface area contributed by atoms with E-state index in [9.17, 15) is 0 Å². The molecule has 0 amide bonds. The highest BCUT2D eigenvalue weighted by Crippen LogP contribution is 2.30. The highest BCUT2D eigenvalue weighted by atomic mass is 35.5. The molecule has 3 rings (SSSR count). The lowest BCUT2D eigenvalue weighted by Crippen LogP contribution is -2.58. The van der Waals surface area contributed by atoms with Gasteiger partial charge in [0, 0.05) is 30.8 Å². The van der Waals surface area contributed by atoms with E-state index in [1.807, 2.05) is 19.2 Å². The van der Waals surface area contributed by atoms with Crippen molar-refractivity contribution in [3.63, 3.8) is 0 Å². The second kappa shape index (κ2) is 7.98. The fraction of sp³-hybridized carbons (Fsp3) is 0.684. The summed E-state index contributed by atoms with van der Waals surface area (Å²) in [4.78, 5) is 2.66. The molecule has 1 aliphatic carbocycles. The number of halogens is 1. The van der Waals surface area contributed by atoms with E-state index in [4.69, 9.17) is 21.1 Å². The predicted octanol–water partition coefficient (Wildman–Crippen LogP) is 3.93. The Morgan fingerprint density at radius 3 is 2.70 bits per heavy atom. The van der Waals surface area contributed by atoms with Gasteiger partial charge >= 0.3 is 0 Å². The van der Waals surface area contributed by atoms with Gasteiger partial charge in [0.2, 0.25) is 0 Å². The SMILES string of the molecule is CO[C@H]1CCCCC1N1C[C@H](C)OCC1Cc1ccc(Cl)cc1. The minimum absolute atomic E-state index is 0.302. The molecule has 0 bridgehead atoms. The Morgan fingerprint density at radius 1 is 1.22 bits per heavy atom. The Bertz CT molecular complexity index is 493. The summed E-state index contributed by atoms with van der Waals surface area (Å²) >= 11 is 6.01. The van der Waals surface area contributed by atoms with E-state index in [0.717, 1.165) is 24.6 Å². The number of hydrogen-bond acceptors (Lipinski definition) is 3. The van der Waals surface area contributed by atoms with Crippen LogP contribution in [0.2, 0.25) is 5.02 Å². The maximum absolute atomic E-state index is 6.01. The van der Waals surface area contributed by atoms with Gasteiger partial charge in [0.15, 0.2) is 0 Å². The van der Waals surface area contributed by atoms with E-state index in [1.54, 1.807) is 0 Å². The van der Waals surface area contributed by atoms with Gasteiger partial charge in [-0.05, 0) is 43.9 Å². The number of benzene rings is 1. The van der Waals surface area contributed by atoms with Crippen molar-refractivity contribution in [2.45, 2.75) is 63.3 Å². The summed E-state index contributed by atoms with van der Waals surface area (Å²) in [6.45, 7) is 3.98. The average Bonchev–Trinajstić information content (AvgIpc) is 2.58. The van der Waals surface area contributed by atoms with Crippen LogP contribution in [0.15, 0.2) is 24.3 Å². The summed E-state index contributed by atoms with van der Waals surface area (Å²) < 4.78 is 11.8. The smallest absolute Gasteiger partial charge is 0.0726 e. The molecular weight excluding hydrogens is 310 g/mol. The Kier molecular flexibility index (Phi) is 5.97. The topological polar surface area (TPSA) is 21.7 Å². The van der Waals surface area contributed by atoms with Crippen molar-refractivity contribution in [2.75, 3.05) is 20.3 Å². The number of rotatable bonds is 4. The van der Waals surface area contributed by atoms with E-state index in [0.29, 0.717) is 24.3 Å². The fourth-order valence-electron chi connectivity index (χ4n) is 4.08. The van der Waals surface area contributed by atoms with Crippen LogP contribution in [0.3, 0.4) is 0 Å². The Labute approximate surface area is 144 Å². The minimum atomic E-state index is 0.302. The summed E-state index contributed by atoms with van der Waals surface area (Å²) in [6.07, 6.45) is 6.69. The van der Waals surface area contributed by atoms with E-state index in [-0.39, 0.29) is 0 Å². The molecular formula is C19H28ClNO2. The Hall–Kier alpha value is -0.610. The lowest BCUT2D eigenvalue weighted by atomic mass is 9.88. The van der Waals surface area contributed by atoms with Gasteiger partial charge in [0.05, 0.1) is 18.8 Å². The quantitative estimate of drug-likeness (QED) is 0.831. The second-order valence-corrected chi connectivity index (χ2v) is 7.39. The van der Waals surface area contributed by atoms with Gasteiger partial charge in [-0.15, -0.1) is 0 Å². The molecule has 2 fully saturated rings. The van der Waals surface area contributed by atoms with Crippen molar-refractivity contribution >= 4 is 11.6 Å². The van der Waals surface area contributed by atoms with Gasteiger partial charge in [0.1, 0.15) is 0 Å². The lowest BCUT2D eigenvalue weighted by Gasteiger charge is -2.47. The predicted molar refractivity (Wildman–Crippen MR) is 94.1 cm³/mol. The number of methoxy groups -OCH3 is 1. The van der Waals surface area contributed by atoms with Crippen LogP contribution in [-0.4, -0.2) is 49.5 Å². The highest BCUT2D eigenvalue weighted by Gasteiger charge is 2.37. The van der Waals surface area contributed by atoms with Gasteiger partial charge in [-0.1, -0.05) is 36.6 Å². The zero-order valence-electron chi connectivity index (χ0n) is 14.2. The molecule has 0 spiro atoms. The van der Waals surface area contributed by atoms with E-state index in [1.165, 1.54) is 31.2 Å². The van der Waals surface area contributed by atoms with Gasteiger partial charge < -0.3 is 9.47 Å². The summed E-state index contributed by atoms with van der Waals surface area (Å²) in [6, 6.07) is 9.17. The van der Waals surface area contributed by atoms with Gasteiger partial charge in [-0.2, -0.15) is 0 Å². The van der Waals surface area contributed by atoms with E-state index >= 15 is 0 Å². The molecule has 128 valence electrons. The number of morpholine rings is 1. The summed E-state index contributed by atoms with van der Waals surface area (Å²) in [5, 5.41) is 0.797. The molecule has 1 aromatic carbocycles. The second-order valence-electron chi connectivity index (χ2n) is 6.95. The Balaban J connectivity index is 1.74. The third-order valence-corrected chi connectivity index (χ3v) is 5.54. The molecule has 1 aliphatic heterocycles. The van der Waals surface area contributed by atoms with Crippen LogP contribution in [0.4, 0.5) is 0 Å². The fourth-order valence-corrected chi connectivity index (χ4v) is 4.20. The number of hydrogen-bond donors (Lipinski definition) is 0. The molecule has 1 saturated carbocycles. The molecule has 4 heteroatoms. The van der Waals surface area contributed by atoms with Crippen LogP contribution < -0.4 is 0 Å². The molecule has 1 aromatic rings. The molecule has 3 nitrogen and oxygen atoms in total. The van der Waals surface area contributed by atoms with Crippen molar-refractivity contribution in [3.05, 3.63) is 34.9 Å². The molecule has 2 aliphatic rings. The van der Waals surface area contributed by atoms with Crippen LogP contribution in [0.5, 0.6) is 0 Å². The zero-order chi connectivity index (χ0) is 16.2. The molecule has 2 unspecified atom stereocenters. The summed E-state index contributed by atoms with van der Waals surface area (Å²) in [5.41, 5.74) is 1.33. The Morgan fingerprint density at radius 2 is 1.96 bits per heavy atom. The maximum atomic E-state index is 6.01. The van der Waals surface area contributed by atoms with Crippen molar-refractivity contribution in [1.29, 1.82) is 0 Å². The largest absolute Gasteiger partial charge is 0.380 e. The molecule has 0 radical (unpaired) electrons. The first kappa shape index (κ1) is 17.2. The molecule has 4 atom stereocenters. The highest BCUT2D eigenvalue weighted by molar-refractivity contribution is 6.30. The van der Waals surface area contributed by atoms with Crippen LogP contribution in [-0.2, 0) is 15.9 Å². The van der Waals surface area contributed by atoms with Crippen LogP contribution in [0.25, 0.3) is 0 Å². The number of ether oxygens (including phenoxy) is 2. The maximum Gasteiger partial charge on any atom is 0.0726 e. The average molecular weight is 338 g/mol. The third-order valence-electron chi connectivity index (χ3n) is 5.29. The standard InChI is InChI=1S/C19H28ClNO2/c1-14-12-21(18-5-3-4-6-19(18)22-2)17(13-23-14)11-15-7-9-16(20)10-8-15/h7-10,14,17-19H,3-6,11-13H2,1-2H3/t14-,17?,18?,19-/m0/s1. The third kappa shape index (κ3) is 4.27. The number of nitrogens with zero attached hydrogens (tertiary/aromatic N) is 1. The van der Waals surface area contributed by atoms with Crippen LogP contribution in [0.1, 0.15) is 38.2 Å². The minimum Gasteiger partial charge on any atom is -0.380 e. The summed E-state index contributed by atoms with van der Waals surface area (Å²) in [5.74, 6) is 0.